The molecular formula is C10H7N5O. The highest BCUT2D eigenvalue weighted by atomic mass is 16.1. The van der Waals surface area contributed by atoms with E-state index in [0.717, 1.165) is 11.3 Å². The third-order valence-electron chi connectivity index (χ3n) is 2.20. The number of aromatic amines is 1. The fraction of sp³-hybridized carbons (Fsp3) is 0. The minimum atomic E-state index is -0.496. The fourth-order valence-electron chi connectivity index (χ4n) is 1.49. The third-order valence-corrected chi connectivity index (χ3v) is 2.20. The molecule has 0 aliphatic heterocycles. The van der Waals surface area contributed by atoms with Crippen LogP contribution in [0.3, 0.4) is 0 Å². The second-order valence-electron chi connectivity index (χ2n) is 3.28. The molecule has 1 aromatic carbocycles. The summed E-state index contributed by atoms with van der Waals surface area (Å²) in [7, 11) is 0. The van der Waals surface area contributed by atoms with Crippen LogP contribution in [-0.2, 0) is 0 Å². The largest absolute Gasteiger partial charge is 0.378 e. The first kappa shape index (κ1) is 8.78. The summed E-state index contributed by atoms with van der Waals surface area (Å²) in [6.07, 6.45) is 1.71. The van der Waals surface area contributed by atoms with E-state index in [1.165, 1.54) is 4.52 Å². The van der Waals surface area contributed by atoms with Crippen molar-refractivity contribution in [3.8, 4) is 11.3 Å². The van der Waals surface area contributed by atoms with Crippen molar-refractivity contribution < 1.29 is 0 Å². The molecule has 0 amide bonds. The van der Waals surface area contributed by atoms with E-state index in [2.05, 4.69) is 20.3 Å². The smallest absolute Gasteiger partial charge is 0.243 e. The molecule has 6 heteroatoms. The lowest BCUT2D eigenvalue weighted by Crippen LogP contribution is -2.15. The highest BCUT2D eigenvalue weighted by Gasteiger charge is 2.05. The van der Waals surface area contributed by atoms with E-state index in [9.17, 15) is 4.79 Å². The summed E-state index contributed by atoms with van der Waals surface area (Å²) in [4.78, 5) is 15.2. The van der Waals surface area contributed by atoms with E-state index in [0.29, 0.717) is 5.78 Å². The molecule has 0 aliphatic rings. The van der Waals surface area contributed by atoms with Crippen molar-refractivity contribution in [3.05, 3.63) is 47.0 Å². The van der Waals surface area contributed by atoms with Gasteiger partial charge < -0.3 is 0 Å². The van der Waals surface area contributed by atoms with Gasteiger partial charge in [0, 0.05) is 5.56 Å². The highest BCUT2D eigenvalue weighted by Crippen LogP contribution is 2.16. The van der Waals surface area contributed by atoms with Crippen molar-refractivity contribution in [2.45, 2.75) is 0 Å². The molecular weight excluding hydrogens is 206 g/mol. The Morgan fingerprint density at radius 3 is 2.75 bits per heavy atom. The Morgan fingerprint density at radius 1 is 1.12 bits per heavy atom. The fourth-order valence-corrected chi connectivity index (χ4v) is 1.49. The Kier molecular flexibility index (Phi) is 1.79. The van der Waals surface area contributed by atoms with Gasteiger partial charge in [0.1, 0.15) is 0 Å². The van der Waals surface area contributed by atoms with Crippen LogP contribution in [0.15, 0.2) is 41.3 Å². The van der Waals surface area contributed by atoms with Crippen LogP contribution in [0.2, 0.25) is 0 Å². The van der Waals surface area contributed by atoms with Crippen LogP contribution in [0.1, 0.15) is 0 Å². The molecule has 0 bridgehead atoms. The topological polar surface area (TPSA) is 75.9 Å². The zero-order valence-corrected chi connectivity index (χ0v) is 8.16. The van der Waals surface area contributed by atoms with E-state index in [1.54, 1.807) is 6.20 Å². The Balaban J connectivity index is 2.23. The molecule has 78 valence electrons. The van der Waals surface area contributed by atoms with E-state index >= 15 is 0 Å². The average molecular weight is 213 g/mol. The lowest BCUT2D eigenvalue weighted by atomic mass is 10.2. The van der Waals surface area contributed by atoms with Gasteiger partial charge in [0.15, 0.2) is 0 Å². The van der Waals surface area contributed by atoms with E-state index in [4.69, 9.17) is 0 Å². The van der Waals surface area contributed by atoms with Gasteiger partial charge in [-0.25, -0.2) is 19.4 Å². The van der Waals surface area contributed by atoms with Crippen LogP contribution in [0.25, 0.3) is 17.0 Å². The number of benzene rings is 1. The molecule has 0 spiro atoms. The molecule has 3 aromatic rings. The summed E-state index contributed by atoms with van der Waals surface area (Å²) < 4.78 is 1.46. The van der Waals surface area contributed by atoms with Crippen molar-refractivity contribution in [2.24, 2.45) is 0 Å². The monoisotopic (exact) mass is 213 g/mol. The maximum atomic E-state index is 11.0. The van der Waals surface area contributed by atoms with Gasteiger partial charge >= 0.3 is 5.69 Å². The van der Waals surface area contributed by atoms with Crippen molar-refractivity contribution in [2.75, 3.05) is 0 Å². The minimum Gasteiger partial charge on any atom is -0.243 e. The van der Waals surface area contributed by atoms with Gasteiger partial charge in [0.25, 0.3) is 5.78 Å². The number of nitrogens with zero attached hydrogens (tertiary/aromatic N) is 4. The van der Waals surface area contributed by atoms with Gasteiger partial charge in [0.05, 0.1) is 11.9 Å². The molecule has 0 fully saturated rings. The van der Waals surface area contributed by atoms with Gasteiger partial charge in [-0.2, -0.15) is 0 Å². The Hall–Kier alpha value is -2.50. The van der Waals surface area contributed by atoms with Crippen LogP contribution in [0.4, 0.5) is 0 Å². The van der Waals surface area contributed by atoms with Gasteiger partial charge in [0.2, 0.25) is 0 Å². The molecule has 0 aliphatic carbocycles. The number of aromatic nitrogens is 5. The van der Waals surface area contributed by atoms with Gasteiger partial charge in [-0.15, -0.1) is 5.10 Å². The Labute approximate surface area is 89.6 Å². The first-order chi connectivity index (χ1) is 7.83. The Bertz CT molecular complexity index is 685. The molecule has 6 nitrogen and oxygen atoms in total. The molecule has 2 aromatic heterocycles. The number of hydrogen-bond donors (Lipinski definition) is 1. The molecule has 2 heterocycles. The number of H-pyrrole nitrogens is 1. The Morgan fingerprint density at radius 2 is 1.94 bits per heavy atom. The molecule has 0 saturated heterocycles. The summed E-state index contributed by atoms with van der Waals surface area (Å²) in [5.74, 6) is 0.374. The van der Waals surface area contributed by atoms with Crippen LogP contribution in [0, 0.1) is 0 Å². The SMILES string of the molecule is O=c1nnc2nc(-c3ccccc3)cn2[nH]1. The standard InChI is InChI=1S/C10H7N5O/c16-10-13-12-9-11-8(6-15(9)14-10)7-4-2-1-3-5-7/h1-6H,(H,14,16). The number of rotatable bonds is 1. The molecule has 0 radical (unpaired) electrons. The van der Waals surface area contributed by atoms with Gasteiger partial charge in [-0.1, -0.05) is 35.4 Å². The third kappa shape index (κ3) is 1.36. The van der Waals surface area contributed by atoms with Gasteiger partial charge in [-0.05, 0) is 0 Å². The van der Waals surface area contributed by atoms with Crippen LogP contribution >= 0.6 is 0 Å². The summed E-state index contributed by atoms with van der Waals surface area (Å²) in [5.41, 5.74) is 1.22. The zero-order valence-electron chi connectivity index (χ0n) is 8.16. The summed E-state index contributed by atoms with van der Waals surface area (Å²) in [6, 6.07) is 9.66. The van der Waals surface area contributed by atoms with Gasteiger partial charge in [-0.3, -0.25) is 0 Å². The average Bonchev–Trinajstić information content (AvgIpc) is 2.73. The quantitative estimate of drug-likeness (QED) is 0.637. The normalized spacial score (nSPS) is 10.8. The van der Waals surface area contributed by atoms with Crippen molar-refractivity contribution in [1.29, 1.82) is 0 Å². The van der Waals surface area contributed by atoms with Crippen molar-refractivity contribution in [1.82, 2.24) is 24.8 Å². The van der Waals surface area contributed by atoms with E-state index in [1.807, 2.05) is 30.3 Å². The molecule has 3 rings (SSSR count). The summed E-state index contributed by atoms with van der Waals surface area (Å²) in [6.45, 7) is 0. The highest BCUT2D eigenvalue weighted by molar-refractivity contribution is 5.60. The number of hydrogen-bond acceptors (Lipinski definition) is 4. The maximum absolute atomic E-state index is 11.0. The zero-order chi connectivity index (χ0) is 11.0. The number of imidazole rings is 1. The number of nitrogens with one attached hydrogen (secondary N) is 1. The predicted octanol–water partition coefficient (Wildman–Crippen LogP) is 0.480. The summed E-state index contributed by atoms with van der Waals surface area (Å²) in [5, 5.41) is 9.56. The minimum absolute atomic E-state index is 0.374. The van der Waals surface area contributed by atoms with Crippen LogP contribution in [-0.4, -0.2) is 24.8 Å². The van der Waals surface area contributed by atoms with Crippen molar-refractivity contribution in [3.63, 3.8) is 0 Å². The first-order valence-corrected chi connectivity index (χ1v) is 4.70. The maximum Gasteiger partial charge on any atom is 0.378 e. The first-order valence-electron chi connectivity index (χ1n) is 4.70. The number of fused-ring (bicyclic) bond motifs is 1. The van der Waals surface area contributed by atoms with Crippen LogP contribution in [0.5, 0.6) is 0 Å². The molecule has 0 atom stereocenters. The van der Waals surface area contributed by atoms with Crippen LogP contribution < -0.4 is 5.69 Å². The summed E-state index contributed by atoms with van der Waals surface area (Å²) >= 11 is 0. The van der Waals surface area contributed by atoms with Crippen molar-refractivity contribution >= 4 is 5.78 Å². The molecule has 0 unspecified atom stereocenters. The second kappa shape index (κ2) is 3.27. The predicted molar refractivity (Wildman–Crippen MR) is 56.8 cm³/mol. The molecule has 1 N–H and O–H groups in total. The molecule has 0 saturated carbocycles. The second-order valence-corrected chi connectivity index (χ2v) is 3.28. The van der Waals surface area contributed by atoms with E-state index in [-0.39, 0.29) is 0 Å². The lowest BCUT2D eigenvalue weighted by Gasteiger charge is -1.92. The lowest BCUT2D eigenvalue weighted by molar-refractivity contribution is 0.784. The van der Waals surface area contributed by atoms with E-state index < -0.39 is 5.69 Å². The molecule has 16 heavy (non-hydrogen) atoms.